The Morgan fingerprint density at radius 1 is 1.50 bits per heavy atom. The summed E-state index contributed by atoms with van der Waals surface area (Å²) in [5.41, 5.74) is 0. The van der Waals surface area contributed by atoms with E-state index >= 15 is 0 Å². The third-order valence-corrected chi connectivity index (χ3v) is 2.70. The maximum atomic E-state index is 8.56. The molecule has 0 aliphatic heterocycles. The van der Waals surface area contributed by atoms with E-state index in [9.17, 15) is 0 Å². The van der Waals surface area contributed by atoms with E-state index in [4.69, 9.17) is 5.11 Å². The highest BCUT2D eigenvalue weighted by atomic mass is 79.9. The first-order valence-electron chi connectivity index (χ1n) is 3.69. The fourth-order valence-corrected chi connectivity index (χ4v) is 1.99. The molecular weight excluding hydrogens is 238 g/mol. The molecule has 0 radical (unpaired) electrons. The summed E-state index contributed by atoms with van der Waals surface area (Å²) in [4.78, 5) is 4.24. The second-order valence-corrected chi connectivity index (χ2v) is 4.15. The summed E-state index contributed by atoms with van der Waals surface area (Å²) >= 11 is 4.96. The number of aliphatic hydroxyl groups is 1. The Labute approximate surface area is 84.5 Å². The van der Waals surface area contributed by atoms with E-state index in [2.05, 4.69) is 20.9 Å². The Hall–Kier alpha value is -0.0600. The summed E-state index contributed by atoms with van der Waals surface area (Å²) in [6, 6.07) is 5.82. The van der Waals surface area contributed by atoms with Crippen LogP contribution in [-0.2, 0) is 0 Å². The Morgan fingerprint density at radius 2 is 2.33 bits per heavy atom. The van der Waals surface area contributed by atoms with Crippen molar-refractivity contribution in [1.29, 1.82) is 0 Å². The van der Waals surface area contributed by atoms with Crippen molar-refractivity contribution in [3.05, 3.63) is 22.8 Å². The Balaban J connectivity index is 2.41. The van der Waals surface area contributed by atoms with Gasteiger partial charge in [0.25, 0.3) is 0 Å². The number of aromatic nitrogens is 1. The number of aliphatic hydroxyl groups excluding tert-OH is 1. The standard InChI is InChI=1S/C8H10BrNOS/c9-7-3-1-4-8(10-7)12-6-2-5-11/h1,3-4,11H,2,5-6H2. The van der Waals surface area contributed by atoms with Crippen LogP contribution in [0.15, 0.2) is 27.8 Å². The Morgan fingerprint density at radius 3 is 3.00 bits per heavy atom. The zero-order valence-corrected chi connectivity index (χ0v) is 8.94. The SMILES string of the molecule is OCCCSc1cccc(Br)n1. The average molecular weight is 248 g/mol. The maximum absolute atomic E-state index is 8.56. The lowest BCUT2D eigenvalue weighted by Gasteiger charge is -1.98. The van der Waals surface area contributed by atoms with Crippen molar-refractivity contribution in [2.45, 2.75) is 11.4 Å². The van der Waals surface area contributed by atoms with Gasteiger partial charge in [-0.2, -0.15) is 0 Å². The third kappa shape index (κ3) is 3.56. The largest absolute Gasteiger partial charge is 0.396 e. The van der Waals surface area contributed by atoms with Gasteiger partial charge >= 0.3 is 0 Å². The van der Waals surface area contributed by atoms with Crippen LogP contribution < -0.4 is 0 Å². The molecule has 0 saturated carbocycles. The zero-order chi connectivity index (χ0) is 8.81. The molecule has 0 unspecified atom stereocenters. The molecule has 2 nitrogen and oxygen atoms in total. The van der Waals surface area contributed by atoms with Crippen LogP contribution in [0, 0.1) is 0 Å². The van der Waals surface area contributed by atoms with E-state index in [1.54, 1.807) is 11.8 Å². The molecule has 0 atom stereocenters. The highest BCUT2D eigenvalue weighted by Gasteiger charge is 1.95. The Kier molecular flexibility index (Phi) is 4.65. The number of hydrogen-bond donors (Lipinski definition) is 1. The molecular formula is C8H10BrNOS. The van der Waals surface area contributed by atoms with Crippen LogP contribution in [0.2, 0.25) is 0 Å². The molecule has 0 aromatic carbocycles. The molecule has 1 heterocycles. The fourth-order valence-electron chi connectivity index (χ4n) is 0.711. The lowest BCUT2D eigenvalue weighted by atomic mass is 10.5. The summed E-state index contributed by atoms with van der Waals surface area (Å²) in [5.74, 6) is 0.917. The van der Waals surface area contributed by atoms with E-state index in [0.717, 1.165) is 21.8 Å². The number of hydrogen-bond acceptors (Lipinski definition) is 3. The zero-order valence-electron chi connectivity index (χ0n) is 6.53. The number of thioether (sulfide) groups is 1. The molecule has 1 N–H and O–H groups in total. The summed E-state index contributed by atoms with van der Waals surface area (Å²) in [7, 11) is 0. The number of nitrogens with zero attached hydrogens (tertiary/aromatic N) is 1. The van der Waals surface area contributed by atoms with Crippen molar-refractivity contribution in [3.8, 4) is 0 Å². The Bertz CT molecular complexity index is 244. The molecule has 0 bridgehead atoms. The van der Waals surface area contributed by atoms with Crippen molar-refractivity contribution in [2.75, 3.05) is 12.4 Å². The van der Waals surface area contributed by atoms with Gasteiger partial charge < -0.3 is 5.11 Å². The van der Waals surface area contributed by atoms with Crippen LogP contribution in [0.1, 0.15) is 6.42 Å². The highest BCUT2D eigenvalue weighted by molar-refractivity contribution is 9.10. The first-order valence-corrected chi connectivity index (χ1v) is 5.47. The first kappa shape index (κ1) is 10.0. The summed E-state index contributed by atoms with van der Waals surface area (Å²) in [6.45, 7) is 0.251. The van der Waals surface area contributed by atoms with Crippen molar-refractivity contribution in [2.24, 2.45) is 0 Å². The van der Waals surface area contributed by atoms with Crippen molar-refractivity contribution >= 4 is 27.7 Å². The summed E-state index contributed by atoms with van der Waals surface area (Å²) in [6.07, 6.45) is 0.818. The number of rotatable bonds is 4. The molecule has 4 heteroatoms. The molecule has 1 rings (SSSR count). The van der Waals surface area contributed by atoms with Crippen molar-refractivity contribution in [1.82, 2.24) is 4.98 Å². The van der Waals surface area contributed by atoms with Gasteiger partial charge in [-0.1, -0.05) is 6.07 Å². The van der Waals surface area contributed by atoms with E-state index in [1.165, 1.54) is 0 Å². The van der Waals surface area contributed by atoms with Gasteiger partial charge in [0.05, 0.1) is 5.03 Å². The number of halogens is 1. The molecule has 0 spiro atoms. The fraction of sp³-hybridized carbons (Fsp3) is 0.375. The second-order valence-electron chi connectivity index (χ2n) is 2.22. The van der Waals surface area contributed by atoms with E-state index in [-0.39, 0.29) is 6.61 Å². The second kappa shape index (κ2) is 5.56. The first-order chi connectivity index (χ1) is 5.83. The van der Waals surface area contributed by atoms with Crippen LogP contribution in [0.4, 0.5) is 0 Å². The monoisotopic (exact) mass is 247 g/mol. The summed E-state index contributed by atoms with van der Waals surface area (Å²) in [5, 5.41) is 9.55. The van der Waals surface area contributed by atoms with Gasteiger partial charge in [-0.3, -0.25) is 0 Å². The lowest BCUT2D eigenvalue weighted by molar-refractivity contribution is 0.296. The van der Waals surface area contributed by atoms with Gasteiger partial charge in [0.15, 0.2) is 0 Å². The molecule has 0 fully saturated rings. The molecule has 0 saturated heterocycles. The molecule has 66 valence electrons. The van der Waals surface area contributed by atoms with Gasteiger partial charge in [0, 0.05) is 12.4 Å². The maximum Gasteiger partial charge on any atom is 0.107 e. The molecule has 0 aliphatic carbocycles. The average Bonchev–Trinajstić information content (AvgIpc) is 2.05. The predicted molar refractivity (Wildman–Crippen MR) is 54.4 cm³/mol. The van der Waals surface area contributed by atoms with E-state index < -0.39 is 0 Å². The van der Waals surface area contributed by atoms with Gasteiger partial charge in [-0.25, -0.2) is 4.98 Å². The molecule has 12 heavy (non-hydrogen) atoms. The summed E-state index contributed by atoms with van der Waals surface area (Å²) < 4.78 is 0.858. The van der Waals surface area contributed by atoms with Gasteiger partial charge in [-0.15, -0.1) is 11.8 Å². The lowest BCUT2D eigenvalue weighted by Crippen LogP contribution is -1.87. The van der Waals surface area contributed by atoms with Gasteiger partial charge in [0.2, 0.25) is 0 Å². The normalized spacial score (nSPS) is 10.2. The van der Waals surface area contributed by atoms with Gasteiger partial charge in [-0.05, 0) is 34.5 Å². The molecule has 1 aromatic rings. The van der Waals surface area contributed by atoms with Crippen molar-refractivity contribution in [3.63, 3.8) is 0 Å². The topological polar surface area (TPSA) is 33.1 Å². The quantitative estimate of drug-likeness (QED) is 0.504. The van der Waals surface area contributed by atoms with Crippen LogP contribution in [0.3, 0.4) is 0 Å². The van der Waals surface area contributed by atoms with Crippen LogP contribution in [0.25, 0.3) is 0 Å². The molecule has 1 aromatic heterocycles. The number of pyridine rings is 1. The van der Waals surface area contributed by atoms with Crippen LogP contribution in [-0.4, -0.2) is 22.5 Å². The van der Waals surface area contributed by atoms with Crippen LogP contribution >= 0.6 is 27.7 Å². The van der Waals surface area contributed by atoms with E-state index in [1.807, 2.05) is 18.2 Å². The molecule has 0 aliphatic rings. The minimum atomic E-state index is 0.251. The third-order valence-electron chi connectivity index (χ3n) is 1.24. The van der Waals surface area contributed by atoms with Crippen LogP contribution in [0.5, 0.6) is 0 Å². The minimum absolute atomic E-state index is 0.251. The smallest absolute Gasteiger partial charge is 0.107 e. The van der Waals surface area contributed by atoms with Gasteiger partial charge in [0.1, 0.15) is 4.60 Å². The molecule has 0 amide bonds. The van der Waals surface area contributed by atoms with E-state index in [0.29, 0.717) is 0 Å². The highest BCUT2D eigenvalue weighted by Crippen LogP contribution is 2.17. The predicted octanol–water partition coefficient (Wildman–Crippen LogP) is 2.32. The van der Waals surface area contributed by atoms with Crippen molar-refractivity contribution < 1.29 is 5.11 Å². The minimum Gasteiger partial charge on any atom is -0.396 e.